The average molecular weight is 261 g/mol. The Bertz CT molecular complexity index is 384. The molecule has 0 radical (unpaired) electrons. The van der Waals surface area contributed by atoms with Crippen LogP contribution in [0.15, 0.2) is 18.3 Å². The molecule has 4 heteroatoms. The Morgan fingerprint density at radius 2 is 2.21 bits per heavy atom. The van der Waals surface area contributed by atoms with E-state index in [1.165, 1.54) is 32.1 Å². The van der Waals surface area contributed by atoms with Gasteiger partial charge in [-0.2, -0.15) is 10.2 Å². The van der Waals surface area contributed by atoms with Gasteiger partial charge in [-0.1, -0.05) is 19.3 Å². The molecule has 19 heavy (non-hydrogen) atoms. The van der Waals surface area contributed by atoms with E-state index in [1.54, 1.807) is 6.20 Å². The molecular formula is C15H23N3O. The molecule has 1 atom stereocenters. The number of hydrogen-bond acceptors (Lipinski definition) is 4. The van der Waals surface area contributed by atoms with Gasteiger partial charge in [0.2, 0.25) is 0 Å². The molecular weight excluding hydrogens is 238 g/mol. The van der Waals surface area contributed by atoms with Gasteiger partial charge >= 0.3 is 0 Å². The number of nitrogens with zero attached hydrogens (tertiary/aromatic N) is 2. The van der Waals surface area contributed by atoms with Crippen LogP contribution >= 0.6 is 0 Å². The van der Waals surface area contributed by atoms with Gasteiger partial charge in [0.15, 0.2) is 0 Å². The Morgan fingerprint density at radius 3 is 3.00 bits per heavy atom. The number of aromatic nitrogens is 2. The molecule has 2 heterocycles. The first-order valence-electron chi connectivity index (χ1n) is 7.50. The zero-order valence-electron chi connectivity index (χ0n) is 11.5. The molecule has 1 saturated carbocycles. The van der Waals surface area contributed by atoms with Crippen molar-refractivity contribution >= 4 is 0 Å². The molecule has 1 unspecified atom stereocenters. The third-order valence-electron chi connectivity index (χ3n) is 4.46. The van der Waals surface area contributed by atoms with E-state index in [4.69, 9.17) is 4.74 Å². The second kappa shape index (κ2) is 5.97. The maximum Gasteiger partial charge on any atom is 0.0769 e. The minimum Gasteiger partial charge on any atom is -0.375 e. The van der Waals surface area contributed by atoms with Crippen molar-refractivity contribution in [2.24, 2.45) is 0 Å². The number of rotatable bonds is 3. The summed E-state index contributed by atoms with van der Waals surface area (Å²) in [6.07, 6.45) is 10.5. The molecule has 2 fully saturated rings. The van der Waals surface area contributed by atoms with Gasteiger partial charge in [0.25, 0.3) is 0 Å². The molecule has 1 saturated heterocycles. The van der Waals surface area contributed by atoms with Crippen LogP contribution in [-0.2, 0) is 11.3 Å². The fourth-order valence-corrected chi connectivity index (χ4v) is 3.42. The normalized spacial score (nSPS) is 26.4. The lowest BCUT2D eigenvalue weighted by Crippen LogP contribution is -2.47. The molecule has 4 nitrogen and oxygen atoms in total. The highest BCUT2D eigenvalue weighted by Gasteiger charge is 2.38. The van der Waals surface area contributed by atoms with Crippen LogP contribution in [0, 0.1) is 0 Å². The summed E-state index contributed by atoms with van der Waals surface area (Å²) >= 11 is 0. The van der Waals surface area contributed by atoms with Gasteiger partial charge in [0.1, 0.15) is 0 Å². The molecule has 0 aromatic carbocycles. The van der Waals surface area contributed by atoms with Crippen molar-refractivity contribution in [2.75, 3.05) is 6.61 Å². The molecule has 1 spiro atoms. The summed E-state index contributed by atoms with van der Waals surface area (Å²) in [4.78, 5) is 0. The fourth-order valence-electron chi connectivity index (χ4n) is 3.42. The van der Waals surface area contributed by atoms with Crippen molar-refractivity contribution in [2.45, 2.75) is 63.1 Å². The van der Waals surface area contributed by atoms with Gasteiger partial charge in [-0.25, -0.2) is 0 Å². The van der Waals surface area contributed by atoms with Gasteiger partial charge in [0.05, 0.1) is 11.3 Å². The smallest absolute Gasteiger partial charge is 0.0769 e. The Morgan fingerprint density at radius 1 is 1.32 bits per heavy atom. The third-order valence-corrected chi connectivity index (χ3v) is 4.46. The average Bonchev–Trinajstić information content (AvgIpc) is 2.47. The second-order valence-electron chi connectivity index (χ2n) is 5.88. The number of nitrogens with one attached hydrogen (secondary N) is 1. The molecule has 1 aliphatic carbocycles. The SMILES string of the molecule is c1cnnc(CNC2CCOC3(CCCCC3)C2)c1. The van der Waals surface area contributed by atoms with E-state index >= 15 is 0 Å². The fraction of sp³-hybridized carbons (Fsp3) is 0.733. The van der Waals surface area contributed by atoms with Gasteiger partial charge in [0, 0.05) is 25.4 Å². The van der Waals surface area contributed by atoms with Crippen LogP contribution in [-0.4, -0.2) is 28.4 Å². The van der Waals surface area contributed by atoms with Crippen molar-refractivity contribution in [3.63, 3.8) is 0 Å². The lowest BCUT2D eigenvalue weighted by Gasteiger charge is -2.43. The van der Waals surface area contributed by atoms with Crippen molar-refractivity contribution in [1.29, 1.82) is 0 Å². The first kappa shape index (κ1) is 13.0. The lowest BCUT2D eigenvalue weighted by atomic mass is 9.78. The Kier molecular flexibility index (Phi) is 4.09. The summed E-state index contributed by atoms with van der Waals surface area (Å²) in [5.74, 6) is 0. The Balaban J connectivity index is 1.53. The van der Waals surface area contributed by atoms with Crippen molar-refractivity contribution in [3.05, 3.63) is 24.0 Å². The third kappa shape index (κ3) is 3.31. The molecule has 1 aromatic heterocycles. The summed E-state index contributed by atoms with van der Waals surface area (Å²) in [6.45, 7) is 1.72. The topological polar surface area (TPSA) is 47.0 Å². The molecule has 1 aliphatic heterocycles. The van der Waals surface area contributed by atoms with E-state index < -0.39 is 0 Å². The zero-order chi connectivity index (χ0) is 13.0. The Hall–Kier alpha value is -1.00. The maximum absolute atomic E-state index is 6.12. The highest BCUT2D eigenvalue weighted by atomic mass is 16.5. The van der Waals surface area contributed by atoms with E-state index in [1.807, 2.05) is 12.1 Å². The maximum atomic E-state index is 6.12. The molecule has 0 amide bonds. The van der Waals surface area contributed by atoms with Crippen LogP contribution in [0.4, 0.5) is 0 Å². The lowest BCUT2D eigenvalue weighted by molar-refractivity contribution is -0.109. The van der Waals surface area contributed by atoms with Gasteiger partial charge in [-0.15, -0.1) is 0 Å². The summed E-state index contributed by atoms with van der Waals surface area (Å²) in [6, 6.07) is 4.53. The predicted molar refractivity (Wildman–Crippen MR) is 73.7 cm³/mol. The Labute approximate surface area is 115 Å². The van der Waals surface area contributed by atoms with Gasteiger partial charge in [-0.05, 0) is 37.8 Å². The summed E-state index contributed by atoms with van der Waals surface area (Å²) in [7, 11) is 0. The first-order valence-corrected chi connectivity index (χ1v) is 7.50. The van der Waals surface area contributed by atoms with E-state index in [-0.39, 0.29) is 5.60 Å². The number of ether oxygens (including phenoxy) is 1. The van der Waals surface area contributed by atoms with Crippen molar-refractivity contribution in [3.8, 4) is 0 Å². The molecule has 1 aromatic rings. The predicted octanol–water partition coefficient (Wildman–Crippen LogP) is 2.45. The van der Waals surface area contributed by atoms with E-state index in [0.29, 0.717) is 6.04 Å². The van der Waals surface area contributed by atoms with Gasteiger partial charge < -0.3 is 10.1 Å². The second-order valence-corrected chi connectivity index (χ2v) is 5.88. The molecule has 104 valence electrons. The van der Waals surface area contributed by atoms with Crippen LogP contribution in [0.2, 0.25) is 0 Å². The van der Waals surface area contributed by atoms with Crippen LogP contribution < -0.4 is 5.32 Å². The molecule has 0 bridgehead atoms. The quantitative estimate of drug-likeness (QED) is 0.908. The van der Waals surface area contributed by atoms with E-state index in [0.717, 1.165) is 31.7 Å². The number of hydrogen-bond donors (Lipinski definition) is 1. The van der Waals surface area contributed by atoms with E-state index in [2.05, 4.69) is 15.5 Å². The van der Waals surface area contributed by atoms with Crippen LogP contribution in [0.3, 0.4) is 0 Å². The minimum atomic E-state index is 0.177. The van der Waals surface area contributed by atoms with Crippen LogP contribution in [0.1, 0.15) is 50.6 Å². The van der Waals surface area contributed by atoms with E-state index in [9.17, 15) is 0 Å². The summed E-state index contributed by atoms with van der Waals surface area (Å²) in [5, 5.41) is 11.7. The largest absolute Gasteiger partial charge is 0.375 e. The first-order chi connectivity index (χ1) is 9.36. The molecule has 3 rings (SSSR count). The highest BCUT2D eigenvalue weighted by Crippen LogP contribution is 2.38. The van der Waals surface area contributed by atoms with Crippen LogP contribution in [0.25, 0.3) is 0 Å². The summed E-state index contributed by atoms with van der Waals surface area (Å²) in [5.41, 5.74) is 1.20. The molecule has 2 aliphatic rings. The van der Waals surface area contributed by atoms with Gasteiger partial charge in [-0.3, -0.25) is 0 Å². The highest BCUT2D eigenvalue weighted by molar-refractivity contribution is 4.99. The standard InChI is InChI=1S/C15H23N3O/c1-2-7-15(8-3-1)11-13(6-10-19-15)16-12-14-5-4-9-17-18-14/h4-5,9,13,16H,1-3,6-8,10-12H2. The monoisotopic (exact) mass is 261 g/mol. The zero-order valence-corrected chi connectivity index (χ0v) is 11.5. The molecule has 1 N–H and O–H groups in total. The van der Waals surface area contributed by atoms with Crippen molar-refractivity contribution in [1.82, 2.24) is 15.5 Å². The minimum absolute atomic E-state index is 0.177. The van der Waals surface area contributed by atoms with Crippen LogP contribution in [0.5, 0.6) is 0 Å². The summed E-state index contributed by atoms with van der Waals surface area (Å²) < 4.78 is 6.12. The van der Waals surface area contributed by atoms with Crippen molar-refractivity contribution < 1.29 is 4.74 Å².